The van der Waals surface area contributed by atoms with Crippen LogP contribution in [0.5, 0.6) is 0 Å². The maximum absolute atomic E-state index is 13.0. The number of likely N-dealkylation sites (tertiary alicyclic amines) is 1. The van der Waals surface area contributed by atoms with Gasteiger partial charge in [0, 0.05) is 19.1 Å². The zero-order valence-electron chi connectivity index (χ0n) is 14.5. The summed E-state index contributed by atoms with van der Waals surface area (Å²) in [7, 11) is 0. The van der Waals surface area contributed by atoms with E-state index in [-0.39, 0.29) is 24.4 Å². The van der Waals surface area contributed by atoms with E-state index in [0.717, 1.165) is 38.9 Å². The summed E-state index contributed by atoms with van der Waals surface area (Å²) in [5, 5.41) is 16.1. The summed E-state index contributed by atoms with van der Waals surface area (Å²) in [5.74, 6) is -0.352. The van der Waals surface area contributed by atoms with Gasteiger partial charge in [-0.25, -0.2) is 9.18 Å². The third-order valence-electron chi connectivity index (χ3n) is 4.52. The molecule has 0 saturated carbocycles. The van der Waals surface area contributed by atoms with E-state index < -0.39 is 5.60 Å². The number of hydrogen-bond acceptors (Lipinski definition) is 3. The van der Waals surface area contributed by atoms with Crippen LogP contribution in [0.25, 0.3) is 0 Å². The van der Waals surface area contributed by atoms with Crippen molar-refractivity contribution in [2.45, 2.75) is 44.8 Å². The lowest BCUT2D eigenvalue weighted by atomic mass is 9.96. The largest absolute Gasteiger partial charge is 0.384 e. The highest BCUT2D eigenvalue weighted by molar-refractivity contribution is 5.74. The maximum Gasteiger partial charge on any atom is 0.315 e. The van der Waals surface area contributed by atoms with Gasteiger partial charge in [-0.15, -0.1) is 0 Å². The molecule has 1 heterocycles. The van der Waals surface area contributed by atoms with E-state index in [4.69, 9.17) is 0 Å². The van der Waals surface area contributed by atoms with Crippen molar-refractivity contribution in [1.82, 2.24) is 15.5 Å². The molecule has 1 aromatic rings. The van der Waals surface area contributed by atoms with Crippen LogP contribution in [0.2, 0.25) is 0 Å². The van der Waals surface area contributed by atoms with Crippen LogP contribution in [0, 0.1) is 5.82 Å². The van der Waals surface area contributed by atoms with Gasteiger partial charge >= 0.3 is 6.03 Å². The lowest BCUT2D eigenvalue weighted by Gasteiger charge is -2.32. The van der Waals surface area contributed by atoms with E-state index in [9.17, 15) is 14.3 Å². The Balaban J connectivity index is 1.75. The standard InChI is InChI=1S/C18H28FN3O2/c1-3-10-22-11-8-16(9-12-22)21-17(23)20-13-18(2,24)14-4-6-15(19)7-5-14/h4-7,16,24H,3,8-13H2,1-2H3,(H2,20,21,23). The third kappa shape index (κ3) is 5.46. The van der Waals surface area contributed by atoms with Crippen LogP contribution >= 0.6 is 0 Å². The smallest absolute Gasteiger partial charge is 0.315 e. The van der Waals surface area contributed by atoms with Crippen molar-refractivity contribution < 1.29 is 14.3 Å². The quantitative estimate of drug-likeness (QED) is 0.746. The molecule has 1 fully saturated rings. The van der Waals surface area contributed by atoms with Crippen LogP contribution in [0.15, 0.2) is 24.3 Å². The Hall–Kier alpha value is -1.66. The first-order valence-corrected chi connectivity index (χ1v) is 8.66. The molecule has 0 aliphatic carbocycles. The number of carbonyl (C=O) groups excluding carboxylic acids is 1. The zero-order chi connectivity index (χ0) is 17.6. The Kier molecular flexibility index (Phi) is 6.57. The SMILES string of the molecule is CCCN1CCC(NC(=O)NCC(C)(O)c2ccc(F)cc2)CC1. The predicted octanol–water partition coefficient (Wildman–Crippen LogP) is 2.21. The number of urea groups is 1. The number of rotatable bonds is 6. The lowest BCUT2D eigenvalue weighted by molar-refractivity contribution is 0.0590. The molecular formula is C18H28FN3O2. The minimum absolute atomic E-state index is 0.0686. The Morgan fingerprint density at radius 3 is 2.54 bits per heavy atom. The number of carbonyl (C=O) groups is 1. The van der Waals surface area contributed by atoms with Crippen LogP contribution < -0.4 is 10.6 Å². The van der Waals surface area contributed by atoms with Crippen LogP contribution in [-0.2, 0) is 5.60 Å². The second-order valence-corrected chi connectivity index (χ2v) is 6.72. The molecule has 6 heteroatoms. The van der Waals surface area contributed by atoms with E-state index in [1.165, 1.54) is 24.3 Å². The molecular weight excluding hydrogens is 309 g/mol. The number of benzene rings is 1. The van der Waals surface area contributed by atoms with E-state index in [0.29, 0.717) is 5.56 Å². The molecule has 2 rings (SSSR count). The Morgan fingerprint density at radius 2 is 1.96 bits per heavy atom. The van der Waals surface area contributed by atoms with Crippen molar-refractivity contribution in [1.29, 1.82) is 0 Å². The van der Waals surface area contributed by atoms with Crippen molar-refractivity contribution in [2.75, 3.05) is 26.2 Å². The van der Waals surface area contributed by atoms with E-state index in [1.54, 1.807) is 6.92 Å². The van der Waals surface area contributed by atoms with E-state index in [1.807, 2.05) is 0 Å². The molecule has 2 amide bonds. The van der Waals surface area contributed by atoms with Gasteiger partial charge in [0.2, 0.25) is 0 Å². The van der Waals surface area contributed by atoms with E-state index in [2.05, 4.69) is 22.5 Å². The first kappa shape index (κ1) is 18.7. The highest BCUT2D eigenvalue weighted by atomic mass is 19.1. The van der Waals surface area contributed by atoms with Crippen molar-refractivity contribution >= 4 is 6.03 Å². The normalized spacial score (nSPS) is 18.8. The maximum atomic E-state index is 13.0. The fraction of sp³-hybridized carbons (Fsp3) is 0.611. The van der Waals surface area contributed by atoms with Crippen molar-refractivity contribution in [2.24, 2.45) is 0 Å². The molecule has 0 radical (unpaired) electrons. The Morgan fingerprint density at radius 1 is 1.33 bits per heavy atom. The molecule has 134 valence electrons. The molecule has 1 saturated heterocycles. The fourth-order valence-corrected chi connectivity index (χ4v) is 3.02. The van der Waals surface area contributed by atoms with Gasteiger partial charge in [0.05, 0.1) is 6.54 Å². The molecule has 1 atom stereocenters. The Bertz CT molecular complexity index is 526. The molecule has 1 aliphatic rings. The molecule has 1 aromatic carbocycles. The van der Waals surface area contributed by atoms with Gasteiger partial charge in [-0.1, -0.05) is 19.1 Å². The molecule has 3 N–H and O–H groups in total. The summed E-state index contributed by atoms with van der Waals surface area (Å²) in [5.41, 5.74) is -0.674. The second-order valence-electron chi connectivity index (χ2n) is 6.72. The number of amides is 2. The highest BCUT2D eigenvalue weighted by Gasteiger charge is 2.25. The monoisotopic (exact) mass is 337 g/mol. The van der Waals surface area contributed by atoms with Gasteiger partial charge < -0.3 is 20.6 Å². The number of nitrogens with one attached hydrogen (secondary N) is 2. The van der Waals surface area contributed by atoms with Gasteiger partial charge in [-0.2, -0.15) is 0 Å². The Labute approximate surface area is 143 Å². The summed E-state index contributed by atoms with van der Waals surface area (Å²) in [6.07, 6.45) is 3.04. The van der Waals surface area contributed by atoms with Gasteiger partial charge in [-0.3, -0.25) is 0 Å². The summed E-state index contributed by atoms with van der Waals surface area (Å²) in [6, 6.07) is 5.55. The molecule has 1 aliphatic heterocycles. The first-order chi connectivity index (χ1) is 11.4. The zero-order valence-corrected chi connectivity index (χ0v) is 14.5. The van der Waals surface area contributed by atoms with Gasteiger partial charge in [0.1, 0.15) is 11.4 Å². The first-order valence-electron chi connectivity index (χ1n) is 8.66. The number of hydrogen-bond donors (Lipinski definition) is 3. The van der Waals surface area contributed by atoms with Crippen LogP contribution in [0.1, 0.15) is 38.7 Å². The van der Waals surface area contributed by atoms with Crippen molar-refractivity contribution in [3.05, 3.63) is 35.6 Å². The summed E-state index contributed by atoms with van der Waals surface area (Å²) in [4.78, 5) is 14.5. The van der Waals surface area contributed by atoms with Crippen molar-refractivity contribution in [3.8, 4) is 0 Å². The van der Waals surface area contributed by atoms with Crippen LogP contribution in [0.3, 0.4) is 0 Å². The minimum Gasteiger partial charge on any atom is -0.384 e. The van der Waals surface area contributed by atoms with Gasteiger partial charge in [-0.05, 0) is 50.4 Å². The number of nitrogens with zero attached hydrogens (tertiary/aromatic N) is 1. The number of piperidine rings is 1. The molecule has 24 heavy (non-hydrogen) atoms. The lowest BCUT2D eigenvalue weighted by Crippen LogP contribution is -2.50. The summed E-state index contributed by atoms with van der Waals surface area (Å²) in [6.45, 7) is 6.96. The molecule has 0 aromatic heterocycles. The molecule has 0 bridgehead atoms. The molecule has 0 spiro atoms. The average Bonchev–Trinajstić information content (AvgIpc) is 2.56. The number of halogens is 1. The van der Waals surface area contributed by atoms with Crippen LogP contribution in [-0.4, -0.2) is 48.3 Å². The van der Waals surface area contributed by atoms with Gasteiger partial charge in [0.15, 0.2) is 0 Å². The fourth-order valence-electron chi connectivity index (χ4n) is 3.02. The summed E-state index contributed by atoms with van der Waals surface area (Å²) < 4.78 is 13.0. The molecule has 1 unspecified atom stereocenters. The molecule has 5 nitrogen and oxygen atoms in total. The van der Waals surface area contributed by atoms with Crippen LogP contribution in [0.4, 0.5) is 9.18 Å². The topological polar surface area (TPSA) is 64.6 Å². The predicted molar refractivity (Wildman–Crippen MR) is 92.3 cm³/mol. The van der Waals surface area contributed by atoms with Crippen molar-refractivity contribution in [3.63, 3.8) is 0 Å². The second kappa shape index (κ2) is 8.44. The van der Waals surface area contributed by atoms with Gasteiger partial charge in [0.25, 0.3) is 0 Å². The van der Waals surface area contributed by atoms with E-state index >= 15 is 0 Å². The highest BCUT2D eigenvalue weighted by Crippen LogP contribution is 2.19. The third-order valence-corrected chi connectivity index (χ3v) is 4.52. The number of aliphatic hydroxyl groups is 1. The average molecular weight is 337 g/mol. The summed E-state index contributed by atoms with van der Waals surface area (Å²) >= 11 is 0. The minimum atomic E-state index is -1.24.